The average Bonchev–Trinajstić information content (AvgIpc) is 3.35. The first-order valence-electron chi connectivity index (χ1n) is 13.8. The maximum atomic E-state index is 14.2. The van der Waals surface area contributed by atoms with E-state index >= 15 is 0 Å². The number of aliphatic hydroxyl groups excluding tert-OH is 1. The van der Waals surface area contributed by atoms with Gasteiger partial charge in [0.25, 0.3) is 5.91 Å². The molecule has 0 fully saturated rings. The Morgan fingerprint density at radius 2 is 1.80 bits per heavy atom. The largest absolute Gasteiger partial charge is 0.494 e. The zero-order valence-corrected chi connectivity index (χ0v) is 23.8. The molecule has 9 heteroatoms. The Hall–Kier alpha value is -4.33. The lowest BCUT2D eigenvalue weighted by molar-refractivity contribution is -0.129. The van der Waals surface area contributed by atoms with Crippen molar-refractivity contribution in [3.8, 4) is 5.75 Å². The van der Waals surface area contributed by atoms with Crippen LogP contribution in [0.4, 0.5) is 5.69 Å². The first kappa shape index (κ1) is 29.6. The Kier molecular flexibility index (Phi) is 9.65. The van der Waals surface area contributed by atoms with E-state index in [0.29, 0.717) is 48.0 Å². The molecule has 0 unspecified atom stereocenters. The van der Waals surface area contributed by atoms with Crippen molar-refractivity contribution >= 4 is 17.5 Å². The highest BCUT2D eigenvalue weighted by atomic mass is 16.5. The Labute approximate surface area is 240 Å². The van der Waals surface area contributed by atoms with Gasteiger partial charge in [0.05, 0.1) is 6.61 Å². The van der Waals surface area contributed by atoms with E-state index in [0.717, 1.165) is 12.0 Å². The summed E-state index contributed by atoms with van der Waals surface area (Å²) in [6.45, 7) is 7.34. The highest BCUT2D eigenvalue weighted by Crippen LogP contribution is 2.43. The molecule has 0 bridgehead atoms. The predicted octanol–water partition coefficient (Wildman–Crippen LogP) is 6.44. The number of nitrogens with one attached hydrogen (secondary N) is 1. The van der Waals surface area contributed by atoms with Crippen molar-refractivity contribution < 1.29 is 19.4 Å². The van der Waals surface area contributed by atoms with Crippen LogP contribution in [-0.4, -0.2) is 42.2 Å². The quantitative estimate of drug-likeness (QED) is 0.115. The summed E-state index contributed by atoms with van der Waals surface area (Å²) in [6, 6.07) is 24.1. The lowest BCUT2D eigenvalue weighted by atomic mass is 9.81. The third-order valence-electron chi connectivity index (χ3n) is 6.90. The number of carbonyl (C=O) groups excluding carboxylic acids is 1. The summed E-state index contributed by atoms with van der Waals surface area (Å²) in [5.41, 5.74) is 10.5. The molecule has 0 aromatic heterocycles. The van der Waals surface area contributed by atoms with Gasteiger partial charge in [0.1, 0.15) is 5.75 Å². The van der Waals surface area contributed by atoms with E-state index in [1.807, 2.05) is 66.7 Å². The van der Waals surface area contributed by atoms with Crippen molar-refractivity contribution in [1.29, 1.82) is 0 Å². The number of aliphatic hydroxyl groups is 1. The standard InChI is InChI=1S/C32H37N5O4/c1-31(2,3)18-19-34-30(39)32(22-25-12-7-8-13-27(25)36-37-33)28(23-10-5-4-6-11-23)41-29(35-32)24-14-16-26(17-15-24)40-21-9-20-38/h4-8,10-17,28,38H,9,18-22H2,1-3H3,(H,34,39)/t28-,32-/m1/s1. The number of hydrogen-bond acceptors (Lipinski definition) is 6. The van der Waals surface area contributed by atoms with Gasteiger partial charge in [-0.25, -0.2) is 4.99 Å². The Balaban J connectivity index is 1.79. The molecule has 1 heterocycles. The van der Waals surface area contributed by atoms with E-state index in [4.69, 9.17) is 19.6 Å². The first-order valence-corrected chi connectivity index (χ1v) is 13.8. The number of carbonyl (C=O) groups is 1. The molecule has 0 aliphatic carbocycles. The zero-order valence-electron chi connectivity index (χ0n) is 23.8. The monoisotopic (exact) mass is 555 g/mol. The molecule has 0 radical (unpaired) electrons. The van der Waals surface area contributed by atoms with Crippen LogP contribution in [0.1, 0.15) is 56.4 Å². The molecule has 1 aliphatic rings. The van der Waals surface area contributed by atoms with Gasteiger partial charge in [-0.15, -0.1) is 0 Å². The molecule has 1 aliphatic heterocycles. The van der Waals surface area contributed by atoms with E-state index in [1.165, 1.54) is 0 Å². The van der Waals surface area contributed by atoms with Crippen LogP contribution in [0.5, 0.6) is 5.75 Å². The topological polar surface area (TPSA) is 129 Å². The lowest BCUT2D eigenvalue weighted by Crippen LogP contribution is -2.50. The summed E-state index contributed by atoms with van der Waals surface area (Å²) < 4.78 is 12.2. The Bertz CT molecular complexity index is 1400. The van der Waals surface area contributed by atoms with Crippen LogP contribution >= 0.6 is 0 Å². The molecule has 41 heavy (non-hydrogen) atoms. The summed E-state index contributed by atoms with van der Waals surface area (Å²) in [6.07, 6.45) is 0.762. The molecule has 4 rings (SSSR count). The molecule has 1 amide bonds. The van der Waals surface area contributed by atoms with E-state index < -0.39 is 11.6 Å². The van der Waals surface area contributed by atoms with Gasteiger partial charge in [-0.05, 0) is 52.8 Å². The van der Waals surface area contributed by atoms with Crippen LogP contribution in [0.25, 0.3) is 10.4 Å². The van der Waals surface area contributed by atoms with E-state index in [1.54, 1.807) is 12.1 Å². The van der Waals surface area contributed by atoms with Crippen molar-refractivity contribution in [2.45, 2.75) is 51.7 Å². The first-order chi connectivity index (χ1) is 19.8. The maximum absolute atomic E-state index is 14.2. The van der Waals surface area contributed by atoms with Gasteiger partial charge >= 0.3 is 0 Å². The Morgan fingerprint density at radius 1 is 1.10 bits per heavy atom. The molecule has 3 aromatic rings. The number of aliphatic imine (C=N–C) groups is 1. The lowest BCUT2D eigenvalue weighted by Gasteiger charge is -2.31. The number of hydrogen-bond donors (Lipinski definition) is 2. The molecular formula is C32H37N5O4. The van der Waals surface area contributed by atoms with Crippen molar-refractivity contribution in [2.75, 3.05) is 19.8 Å². The second-order valence-electron chi connectivity index (χ2n) is 11.3. The smallest absolute Gasteiger partial charge is 0.252 e. The summed E-state index contributed by atoms with van der Waals surface area (Å²) in [5, 5.41) is 16.0. The minimum absolute atomic E-state index is 0.0367. The van der Waals surface area contributed by atoms with Gasteiger partial charge in [-0.3, -0.25) is 4.79 Å². The molecule has 2 atom stereocenters. The second-order valence-corrected chi connectivity index (χ2v) is 11.3. The number of benzene rings is 3. The number of nitrogens with zero attached hydrogens (tertiary/aromatic N) is 4. The van der Waals surface area contributed by atoms with Crippen LogP contribution in [0, 0.1) is 5.41 Å². The molecule has 2 N–H and O–H groups in total. The molecule has 0 saturated carbocycles. The molecule has 214 valence electrons. The van der Waals surface area contributed by atoms with Crippen LogP contribution in [0.2, 0.25) is 0 Å². The number of amides is 1. The SMILES string of the molecule is CC(C)(C)CCNC(=O)[C@]1(Cc2ccccc2N=[N+]=[N-])N=C(c2ccc(OCCCO)cc2)O[C@@H]1c1ccccc1. The number of azide groups is 1. The fraction of sp³-hybridized carbons (Fsp3) is 0.375. The van der Waals surface area contributed by atoms with Crippen molar-refractivity contribution in [2.24, 2.45) is 15.5 Å². The van der Waals surface area contributed by atoms with Gasteiger partial charge in [-0.1, -0.05) is 80.5 Å². The third-order valence-corrected chi connectivity index (χ3v) is 6.90. The average molecular weight is 556 g/mol. The second kappa shape index (κ2) is 13.4. The highest BCUT2D eigenvalue weighted by Gasteiger charge is 2.53. The minimum Gasteiger partial charge on any atom is -0.494 e. The molecule has 0 spiro atoms. The van der Waals surface area contributed by atoms with Crippen LogP contribution < -0.4 is 10.1 Å². The fourth-order valence-corrected chi connectivity index (χ4v) is 4.71. The minimum atomic E-state index is -1.37. The van der Waals surface area contributed by atoms with Gasteiger partial charge in [0.2, 0.25) is 5.90 Å². The number of rotatable bonds is 12. The van der Waals surface area contributed by atoms with Crippen molar-refractivity contribution in [3.05, 3.63) is 106 Å². The predicted molar refractivity (Wildman–Crippen MR) is 159 cm³/mol. The zero-order chi connectivity index (χ0) is 29.3. The summed E-state index contributed by atoms with van der Waals surface area (Å²) in [4.78, 5) is 22.3. The summed E-state index contributed by atoms with van der Waals surface area (Å²) >= 11 is 0. The Morgan fingerprint density at radius 3 is 2.49 bits per heavy atom. The van der Waals surface area contributed by atoms with Crippen LogP contribution in [0.3, 0.4) is 0 Å². The van der Waals surface area contributed by atoms with E-state index in [9.17, 15) is 10.3 Å². The van der Waals surface area contributed by atoms with Crippen LogP contribution in [0.15, 0.2) is 89.0 Å². The third kappa shape index (κ3) is 7.45. The van der Waals surface area contributed by atoms with Gasteiger partial charge in [0.15, 0.2) is 11.6 Å². The van der Waals surface area contributed by atoms with E-state index in [-0.39, 0.29) is 24.3 Å². The summed E-state index contributed by atoms with van der Waals surface area (Å²) in [7, 11) is 0. The highest BCUT2D eigenvalue weighted by molar-refractivity contribution is 6.01. The molecular weight excluding hydrogens is 518 g/mol. The number of ether oxygens (including phenoxy) is 2. The van der Waals surface area contributed by atoms with Crippen molar-refractivity contribution in [3.63, 3.8) is 0 Å². The molecule has 9 nitrogen and oxygen atoms in total. The van der Waals surface area contributed by atoms with Crippen LogP contribution in [-0.2, 0) is 16.0 Å². The normalized spacial score (nSPS) is 18.1. The van der Waals surface area contributed by atoms with Crippen molar-refractivity contribution in [1.82, 2.24) is 5.32 Å². The molecule has 3 aromatic carbocycles. The summed E-state index contributed by atoms with van der Waals surface area (Å²) in [5.74, 6) is 0.744. The molecule has 0 saturated heterocycles. The maximum Gasteiger partial charge on any atom is 0.252 e. The van der Waals surface area contributed by atoms with E-state index in [2.05, 4.69) is 36.1 Å². The fourth-order valence-electron chi connectivity index (χ4n) is 4.71. The van der Waals surface area contributed by atoms with Gasteiger partial charge < -0.3 is 19.9 Å². The van der Waals surface area contributed by atoms with Gasteiger partial charge in [-0.2, -0.15) is 0 Å². The van der Waals surface area contributed by atoms with Gasteiger partial charge in [0, 0.05) is 42.2 Å².